The van der Waals surface area contributed by atoms with Crippen LogP contribution in [0.3, 0.4) is 0 Å². The number of carbonyl (C=O) groups is 2. The Morgan fingerprint density at radius 1 is 1.30 bits per heavy atom. The van der Waals surface area contributed by atoms with Gasteiger partial charge in [-0.25, -0.2) is 13.2 Å². The fourth-order valence-electron chi connectivity index (χ4n) is 2.16. The van der Waals surface area contributed by atoms with Gasteiger partial charge in [0.05, 0.1) is 17.3 Å². The fraction of sp³-hybridized carbons (Fsp3) is 0.467. The summed E-state index contributed by atoms with van der Waals surface area (Å²) in [6.45, 7) is 0.0895. The topological polar surface area (TPSA) is 110 Å². The first kappa shape index (κ1) is 17.4. The molecule has 1 aromatic rings. The standard InChI is InChI=1S/C15H19NO6S/c1-22-8-9-23(20,21)12-6-4-11(5-7-12)14(17)16-13(15(18)19)10-2-3-10/h4-7,10,13H,2-3,8-9H2,1H3,(H,16,17)(H,18,19). The quantitative estimate of drug-likeness (QED) is 0.720. The lowest BCUT2D eigenvalue weighted by Crippen LogP contribution is -2.42. The molecule has 1 saturated carbocycles. The number of nitrogens with one attached hydrogen (secondary N) is 1. The zero-order valence-corrected chi connectivity index (χ0v) is 13.5. The molecule has 0 aliphatic heterocycles. The molecule has 0 bridgehead atoms. The van der Waals surface area contributed by atoms with Crippen molar-refractivity contribution in [1.82, 2.24) is 5.32 Å². The van der Waals surface area contributed by atoms with Crippen molar-refractivity contribution >= 4 is 21.7 Å². The molecule has 7 nitrogen and oxygen atoms in total. The summed E-state index contributed by atoms with van der Waals surface area (Å²) in [6.07, 6.45) is 1.57. The number of methoxy groups -OCH3 is 1. The molecule has 1 aromatic carbocycles. The summed E-state index contributed by atoms with van der Waals surface area (Å²) >= 11 is 0. The number of amides is 1. The molecule has 2 N–H and O–H groups in total. The van der Waals surface area contributed by atoms with Gasteiger partial charge in [-0.2, -0.15) is 0 Å². The van der Waals surface area contributed by atoms with E-state index in [2.05, 4.69) is 5.32 Å². The van der Waals surface area contributed by atoms with E-state index in [0.29, 0.717) is 0 Å². The van der Waals surface area contributed by atoms with Crippen LogP contribution in [0.25, 0.3) is 0 Å². The van der Waals surface area contributed by atoms with Gasteiger partial charge < -0.3 is 15.2 Å². The van der Waals surface area contributed by atoms with Gasteiger partial charge in [-0.15, -0.1) is 0 Å². The fourth-order valence-corrected chi connectivity index (χ4v) is 3.33. The monoisotopic (exact) mass is 341 g/mol. The Bertz CT molecular complexity index is 678. The second-order valence-corrected chi connectivity index (χ2v) is 7.57. The molecule has 1 amide bonds. The van der Waals surface area contributed by atoms with Crippen molar-refractivity contribution in [3.63, 3.8) is 0 Å². The van der Waals surface area contributed by atoms with Gasteiger partial charge in [-0.05, 0) is 43.0 Å². The van der Waals surface area contributed by atoms with E-state index in [1.165, 1.54) is 31.4 Å². The first-order valence-electron chi connectivity index (χ1n) is 7.20. The molecule has 1 fully saturated rings. The van der Waals surface area contributed by atoms with E-state index in [9.17, 15) is 18.0 Å². The van der Waals surface area contributed by atoms with Crippen LogP contribution < -0.4 is 5.32 Å². The van der Waals surface area contributed by atoms with Crippen molar-refractivity contribution in [1.29, 1.82) is 0 Å². The van der Waals surface area contributed by atoms with Crippen LogP contribution in [-0.4, -0.2) is 50.9 Å². The molecular weight excluding hydrogens is 322 g/mol. The maximum atomic E-state index is 12.1. The normalized spacial score (nSPS) is 15.9. The molecule has 1 aliphatic carbocycles. The van der Waals surface area contributed by atoms with E-state index in [1.807, 2.05) is 0 Å². The molecule has 126 valence electrons. The lowest BCUT2D eigenvalue weighted by Gasteiger charge is -2.13. The van der Waals surface area contributed by atoms with Crippen LogP contribution in [-0.2, 0) is 19.4 Å². The number of sulfone groups is 1. The highest BCUT2D eigenvalue weighted by molar-refractivity contribution is 7.91. The minimum absolute atomic E-state index is 0.0230. The summed E-state index contributed by atoms with van der Waals surface area (Å²) in [5.41, 5.74) is 0.225. The highest BCUT2D eigenvalue weighted by atomic mass is 32.2. The van der Waals surface area contributed by atoms with Crippen LogP contribution in [0.5, 0.6) is 0 Å². The Hall–Kier alpha value is -1.93. The third kappa shape index (κ3) is 4.52. The number of hydrogen-bond donors (Lipinski definition) is 2. The number of aliphatic carboxylic acids is 1. The first-order chi connectivity index (χ1) is 10.8. The maximum absolute atomic E-state index is 12.1. The largest absolute Gasteiger partial charge is 0.480 e. The summed E-state index contributed by atoms with van der Waals surface area (Å²) in [5, 5.41) is 11.6. The van der Waals surface area contributed by atoms with Gasteiger partial charge in [0.1, 0.15) is 6.04 Å². The molecular formula is C15H19NO6S. The molecule has 1 unspecified atom stereocenters. The number of hydrogen-bond acceptors (Lipinski definition) is 5. The van der Waals surface area contributed by atoms with Gasteiger partial charge in [0.2, 0.25) is 0 Å². The van der Waals surface area contributed by atoms with Crippen molar-refractivity contribution < 1.29 is 27.9 Å². The molecule has 1 aliphatic rings. The van der Waals surface area contributed by atoms with Gasteiger partial charge in [-0.1, -0.05) is 0 Å². The van der Waals surface area contributed by atoms with Crippen LogP contribution in [0, 0.1) is 5.92 Å². The Morgan fingerprint density at radius 2 is 1.91 bits per heavy atom. The SMILES string of the molecule is COCCS(=O)(=O)c1ccc(C(=O)NC(C(=O)O)C2CC2)cc1. The minimum atomic E-state index is -3.46. The van der Waals surface area contributed by atoms with Crippen molar-refractivity contribution in [2.24, 2.45) is 5.92 Å². The Kier molecular flexibility index (Phi) is 5.38. The van der Waals surface area contributed by atoms with Crippen LogP contribution in [0.4, 0.5) is 0 Å². The highest BCUT2D eigenvalue weighted by Crippen LogP contribution is 2.32. The molecule has 0 aromatic heterocycles. The van der Waals surface area contributed by atoms with Crippen molar-refractivity contribution in [3.05, 3.63) is 29.8 Å². The lowest BCUT2D eigenvalue weighted by molar-refractivity contribution is -0.139. The van der Waals surface area contributed by atoms with Crippen LogP contribution in [0.15, 0.2) is 29.2 Å². The highest BCUT2D eigenvalue weighted by Gasteiger charge is 2.37. The van der Waals surface area contributed by atoms with Gasteiger partial charge in [0, 0.05) is 12.7 Å². The predicted octanol–water partition coefficient (Wildman–Crippen LogP) is 0.700. The average molecular weight is 341 g/mol. The Balaban J connectivity index is 2.06. The molecule has 23 heavy (non-hydrogen) atoms. The predicted molar refractivity (Wildman–Crippen MR) is 82.0 cm³/mol. The van der Waals surface area contributed by atoms with Gasteiger partial charge >= 0.3 is 5.97 Å². The molecule has 8 heteroatoms. The smallest absolute Gasteiger partial charge is 0.326 e. The summed E-state index contributed by atoms with van der Waals surface area (Å²) in [5.74, 6) is -1.74. The second kappa shape index (κ2) is 7.10. The maximum Gasteiger partial charge on any atom is 0.326 e. The van der Waals surface area contributed by atoms with E-state index in [1.54, 1.807) is 0 Å². The molecule has 0 saturated heterocycles. The van der Waals surface area contributed by atoms with Gasteiger partial charge in [0.25, 0.3) is 5.91 Å². The summed E-state index contributed by atoms with van der Waals surface area (Å²) < 4.78 is 28.7. The van der Waals surface area contributed by atoms with Crippen LogP contribution in [0.2, 0.25) is 0 Å². The Morgan fingerprint density at radius 3 is 2.39 bits per heavy atom. The number of rotatable bonds is 8. The van der Waals surface area contributed by atoms with E-state index < -0.39 is 27.8 Å². The minimum Gasteiger partial charge on any atom is -0.480 e. The number of benzene rings is 1. The van der Waals surface area contributed by atoms with Gasteiger partial charge in [0.15, 0.2) is 9.84 Å². The lowest BCUT2D eigenvalue weighted by atomic mass is 10.1. The number of carboxylic acids is 1. The van der Waals surface area contributed by atoms with Crippen molar-refractivity contribution in [3.8, 4) is 0 Å². The zero-order chi connectivity index (χ0) is 17.0. The summed E-state index contributed by atoms with van der Waals surface area (Å²) in [4.78, 5) is 23.3. The Labute approximate surface area is 134 Å². The average Bonchev–Trinajstić information content (AvgIpc) is 3.35. The third-order valence-corrected chi connectivity index (χ3v) is 5.37. The first-order valence-corrected chi connectivity index (χ1v) is 8.86. The zero-order valence-electron chi connectivity index (χ0n) is 12.7. The molecule has 0 heterocycles. The molecule has 2 rings (SSSR count). The molecule has 0 spiro atoms. The van der Waals surface area contributed by atoms with E-state index in [-0.39, 0.29) is 28.7 Å². The summed E-state index contributed by atoms with van der Waals surface area (Å²) in [6, 6.07) is 4.54. The van der Waals surface area contributed by atoms with E-state index in [0.717, 1.165) is 12.8 Å². The van der Waals surface area contributed by atoms with Gasteiger partial charge in [-0.3, -0.25) is 4.79 Å². The molecule has 1 atom stereocenters. The molecule has 0 radical (unpaired) electrons. The second-order valence-electron chi connectivity index (χ2n) is 5.46. The van der Waals surface area contributed by atoms with E-state index in [4.69, 9.17) is 9.84 Å². The number of ether oxygens (including phenoxy) is 1. The van der Waals surface area contributed by atoms with Crippen molar-refractivity contribution in [2.75, 3.05) is 19.5 Å². The number of carboxylic acid groups (broad SMARTS) is 1. The summed E-state index contributed by atoms with van der Waals surface area (Å²) in [7, 11) is -2.04. The number of carbonyl (C=O) groups excluding carboxylic acids is 1. The van der Waals surface area contributed by atoms with Crippen LogP contribution in [0.1, 0.15) is 23.2 Å². The third-order valence-electron chi connectivity index (χ3n) is 3.68. The van der Waals surface area contributed by atoms with Crippen LogP contribution >= 0.6 is 0 Å². The van der Waals surface area contributed by atoms with Crippen molar-refractivity contribution in [2.45, 2.75) is 23.8 Å². The van der Waals surface area contributed by atoms with E-state index >= 15 is 0 Å².